The molecule has 1 aromatic carbocycles. The monoisotopic (exact) mass is 281 g/mol. The van der Waals surface area contributed by atoms with E-state index in [2.05, 4.69) is 12.2 Å². The van der Waals surface area contributed by atoms with E-state index in [-0.39, 0.29) is 0 Å². The summed E-state index contributed by atoms with van der Waals surface area (Å²) in [5.41, 5.74) is 0.533. The van der Waals surface area contributed by atoms with Gasteiger partial charge in [0, 0.05) is 6.04 Å². The summed E-state index contributed by atoms with van der Waals surface area (Å²) in [7, 11) is 0. The molecule has 1 aliphatic carbocycles. The molecular weight excluding hydrogens is 256 g/mol. The third-order valence-corrected chi connectivity index (χ3v) is 4.26. The fourth-order valence-electron chi connectivity index (χ4n) is 3.20. The van der Waals surface area contributed by atoms with Gasteiger partial charge in [-0.15, -0.1) is 0 Å². The second kappa shape index (κ2) is 7.72. The van der Waals surface area contributed by atoms with E-state index in [0.29, 0.717) is 23.9 Å². The predicted molar refractivity (Wildman–Crippen MR) is 78.7 cm³/mol. The SMILES string of the molecule is CCCNC1CCCCC(Cc2cccc(F)c2F)C1. The Labute approximate surface area is 120 Å². The molecule has 0 saturated heterocycles. The van der Waals surface area contributed by atoms with Crippen molar-refractivity contribution in [1.29, 1.82) is 0 Å². The Balaban J connectivity index is 1.98. The second-order valence-electron chi connectivity index (χ2n) is 5.95. The Morgan fingerprint density at radius 2 is 2.00 bits per heavy atom. The largest absolute Gasteiger partial charge is 0.314 e. The maximum Gasteiger partial charge on any atom is 0.162 e. The number of hydrogen-bond acceptors (Lipinski definition) is 1. The molecule has 0 bridgehead atoms. The van der Waals surface area contributed by atoms with Crippen LogP contribution in [0.4, 0.5) is 8.78 Å². The lowest BCUT2D eigenvalue weighted by atomic mass is 9.90. The van der Waals surface area contributed by atoms with Crippen LogP contribution < -0.4 is 5.32 Å². The normalized spacial score (nSPS) is 23.6. The first kappa shape index (κ1) is 15.4. The van der Waals surface area contributed by atoms with Crippen LogP contribution in [0.2, 0.25) is 0 Å². The van der Waals surface area contributed by atoms with Gasteiger partial charge in [-0.1, -0.05) is 38.3 Å². The fourth-order valence-corrected chi connectivity index (χ4v) is 3.20. The Bertz CT molecular complexity index is 419. The highest BCUT2D eigenvalue weighted by atomic mass is 19.2. The van der Waals surface area contributed by atoms with Gasteiger partial charge >= 0.3 is 0 Å². The van der Waals surface area contributed by atoms with Crippen molar-refractivity contribution in [2.45, 2.75) is 57.9 Å². The molecule has 0 radical (unpaired) electrons. The maximum atomic E-state index is 13.8. The summed E-state index contributed by atoms with van der Waals surface area (Å²) < 4.78 is 27.0. The number of halogens is 2. The molecule has 1 saturated carbocycles. The van der Waals surface area contributed by atoms with Gasteiger partial charge in [-0.3, -0.25) is 0 Å². The molecule has 1 fully saturated rings. The molecule has 0 heterocycles. The van der Waals surface area contributed by atoms with Crippen LogP contribution in [0.1, 0.15) is 51.0 Å². The van der Waals surface area contributed by atoms with E-state index >= 15 is 0 Å². The lowest BCUT2D eigenvalue weighted by molar-refractivity contribution is 0.378. The zero-order valence-electron chi connectivity index (χ0n) is 12.3. The first-order valence-corrected chi connectivity index (χ1v) is 7.87. The molecule has 112 valence electrons. The highest BCUT2D eigenvalue weighted by Gasteiger charge is 2.21. The lowest BCUT2D eigenvalue weighted by Crippen LogP contribution is -2.31. The van der Waals surface area contributed by atoms with E-state index in [4.69, 9.17) is 0 Å². The first-order valence-electron chi connectivity index (χ1n) is 7.87. The van der Waals surface area contributed by atoms with Gasteiger partial charge in [0.05, 0.1) is 0 Å². The third kappa shape index (κ3) is 4.27. The highest BCUT2D eigenvalue weighted by molar-refractivity contribution is 5.19. The van der Waals surface area contributed by atoms with Crippen molar-refractivity contribution in [2.75, 3.05) is 6.54 Å². The molecule has 0 aliphatic heterocycles. The minimum absolute atomic E-state index is 0.461. The standard InChI is InChI=1S/C17H25F2N/c1-2-10-20-15-8-4-3-6-13(12-15)11-14-7-5-9-16(18)17(14)19/h5,7,9,13,15,20H,2-4,6,8,10-12H2,1H3. The van der Waals surface area contributed by atoms with Crippen LogP contribution in [0.15, 0.2) is 18.2 Å². The quantitative estimate of drug-likeness (QED) is 0.786. The van der Waals surface area contributed by atoms with Gasteiger partial charge in [-0.25, -0.2) is 8.78 Å². The topological polar surface area (TPSA) is 12.0 Å². The Hall–Kier alpha value is -0.960. The first-order chi connectivity index (χ1) is 9.70. The summed E-state index contributed by atoms with van der Waals surface area (Å²) in [6.45, 7) is 3.22. The van der Waals surface area contributed by atoms with Gasteiger partial charge in [0.2, 0.25) is 0 Å². The van der Waals surface area contributed by atoms with E-state index < -0.39 is 11.6 Å². The second-order valence-corrected chi connectivity index (χ2v) is 5.95. The van der Waals surface area contributed by atoms with Crippen LogP contribution >= 0.6 is 0 Å². The average molecular weight is 281 g/mol. The zero-order valence-corrected chi connectivity index (χ0v) is 12.3. The molecule has 0 amide bonds. The summed E-state index contributed by atoms with van der Waals surface area (Å²) in [6, 6.07) is 5.06. The molecule has 1 aromatic rings. The van der Waals surface area contributed by atoms with Crippen molar-refractivity contribution in [2.24, 2.45) is 5.92 Å². The predicted octanol–water partition coefficient (Wildman–Crippen LogP) is 4.46. The zero-order chi connectivity index (χ0) is 14.4. The highest BCUT2D eigenvalue weighted by Crippen LogP contribution is 2.27. The Kier molecular flexibility index (Phi) is 5.96. The van der Waals surface area contributed by atoms with E-state index in [1.54, 1.807) is 12.1 Å². The van der Waals surface area contributed by atoms with E-state index in [9.17, 15) is 8.78 Å². The molecule has 20 heavy (non-hydrogen) atoms. The van der Waals surface area contributed by atoms with Gasteiger partial charge in [0.15, 0.2) is 11.6 Å². The Morgan fingerprint density at radius 1 is 1.20 bits per heavy atom. The van der Waals surface area contributed by atoms with Gasteiger partial charge in [-0.2, -0.15) is 0 Å². The van der Waals surface area contributed by atoms with Gasteiger partial charge in [0.1, 0.15) is 0 Å². The molecule has 0 spiro atoms. The van der Waals surface area contributed by atoms with Crippen molar-refractivity contribution in [3.63, 3.8) is 0 Å². The smallest absolute Gasteiger partial charge is 0.162 e. The number of benzene rings is 1. The van der Waals surface area contributed by atoms with Crippen LogP contribution in [-0.4, -0.2) is 12.6 Å². The molecular formula is C17H25F2N. The fraction of sp³-hybridized carbons (Fsp3) is 0.647. The van der Waals surface area contributed by atoms with Crippen LogP contribution in [0, 0.1) is 17.6 Å². The Morgan fingerprint density at radius 3 is 2.80 bits per heavy atom. The van der Waals surface area contributed by atoms with Gasteiger partial charge in [0.25, 0.3) is 0 Å². The maximum absolute atomic E-state index is 13.8. The molecule has 2 unspecified atom stereocenters. The molecule has 0 aromatic heterocycles. The van der Waals surface area contributed by atoms with Crippen LogP contribution in [0.3, 0.4) is 0 Å². The summed E-state index contributed by atoms with van der Waals surface area (Å²) in [4.78, 5) is 0. The van der Waals surface area contributed by atoms with Crippen LogP contribution in [0.5, 0.6) is 0 Å². The molecule has 1 aliphatic rings. The number of nitrogens with one attached hydrogen (secondary N) is 1. The lowest BCUT2D eigenvalue weighted by Gasteiger charge is -2.21. The van der Waals surface area contributed by atoms with Crippen LogP contribution in [-0.2, 0) is 6.42 Å². The summed E-state index contributed by atoms with van der Waals surface area (Å²) in [5, 5.41) is 3.59. The minimum atomic E-state index is -0.725. The van der Waals surface area contributed by atoms with E-state index in [1.807, 2.05) is 0 Å². The molecule has 2 rings (SSSR count). The van der Waals surface area contributed by atoms with Crippen LogP contribution in [0.25, 0.3) is 0 Å². The average Bonchev–Trinajstić information content (AvgIpc) is 2.67. The van der Waals surface area contributed by atoms with Crippen molar-refractivity contribution in [1.82, 2.24) is 5.32 Å². The van der Waals surface area contributed by atoms with Gasteiger partial charge < -0.3 is 5.32 Å². The molecule has 2 atom stereocenters. The minimum Gasteiger partial charge on any atom is -0.314 e. The van der Waals surface area contributed by atoms with Crippen molar-refractivity contribution >= 4 is 0 Å². The summed E-state index contributed by atoms with van der Waals surface area (Å²) in [5.74, 6) is -0.922. The van der Waals surface area contributed by atoms with E-state index in [0.717, 1.165) is 25.8 Å². The van der Waals surface area contributed by atoms with Crippen molar-refractivity contribution in [3.8, 4) is 0 Å². The molecule has 1 nitrogen and oxygen atoms in total. The number of hydrogen-bond donors (Lipinski definition) is 1. The van der Waals surface area contributed by atoms with E-state index in [1.165, 1.54) is 25.3 Å². The van der Waals surface area contributed by atoms with Crippen molar-refractivity contribution < 1.29 is 8.78 Å². The number of rotatable bonds is 5. The van der Waals surface area contributed by atoms with Gasteiger partial charge in [-0.05, 0) is 49.8 Å². The summed E-state index contributed by atoms with van der Waals surface area (Å²) >= 11 is 0. The van der Waals surface area contributed by atoms with Crippen molar-refractivity contribution in [3.05, 3.63) is 35.4 Å². The summed E-state index contributed by atoms with van der Waals surface area (Å²) in [6.07, 6.45) is 7.65. The molecule has 1 N–H and O–H groups in total. The third-order valence-electron chi connectivity index (χ3n) is 4.26. The molecule has 3 heteroatoms.